The molecule has 0 atom stereocenters. The predicted molar refractivity (Wildman–Crippen MR) is 114 cm³/mol. The standard InChI is InChI=1S/C24H21N3O2/c1-2-14-29-20-12-13-21(22(28)15-20)24-26-16-25-23(27-24)19-10-8-18(9-11-19)17-6-4-3-5-7-17/h3-13,15-16,28H,2,14H2,1H3. The van der Waals surface area contributed by atoms with Crippen molar-refractivity contribution in [2.75, 3.05) is 6.61 Å². The summed E-state index contributed by atoms with van der Waals surface area (Å²) in [7, 11) is 0. The quantitative estimate of drug-likeness (QED) is 0.485. The third-order valence-corrected chi connectivity index (χ3v) is 4.51. The van der Waals surface area contributed by atoms with Crippen LogP contribution in [-0.4, -0.2) is 26.7 Å². The van der Waals surface area contributed by atoms with E-state index in [4.69, 9.17) is 4.74 Å². The fourth-order valence-electron chi connectivity index (χ4n) is 3.02. The van der Waals surface area contributed by atoms with Gasteiger partial charge in [0.05, 0.1) is 12.2 Å². The SMILES string of the molecule is CCCOc1ccc(-c2ncnc(-c3ccc(-c4ccccc4)cc3)n2)c(O)c1. The molecule has 0 unspecified atom stereocenters. The average Bonchev–Trinajstić information content (AvgIpc) is 2.78. The van der Waals surface area contributed by atoms with Gasteiger partial charge in [-0.25, -0.2) is 15.0 Å². The van der Waals surface area contributed by atoms with Crippen LogP contribution in [-0.2, 0) is 0 Å². The average molecular weight is 383 g/mol. The van der Waals surface area contributed by atoms with E-state index >= 15 is 0 Å². The maximum atomic E-state index is 10.4. The lowest BCUT2D eigenvalue weighted by atomic mass is 10.0. The maximum Gasteiger partial charge on any atom is 0.167 e. The normalized spacial score (nSPS) is 10.7. The van der Waals surface area contributed by atoms with Crippen molar-refractivity contribution in [3.8, 4) is 45.4 Å². The van der Waals surface area contributed by atoms with Crippen LogP contribution in [0.5, 0.6) is 11.5 Å². The molecule has 0 bridgehead atoms. The van der Waals surface area contributed by atoms with Gasteiger partial charge >= 0.3 is 0 Å². The number of hydrogen-bond acceptors (Lipinski definition) is 5. The van der Waals surface area contributed by atoms with Crippen LogP contribution in [0, 0.1) is 0 Å². The molecule has 1 heterocycles. The number of aromatic nitrogens is 3. The third-order valence-electron chi connectivity index (χ3n) is 4.51. The lowest BCUT2D eigenvalue weighted by molar-refractivity contribution is 0.315. The van der Waals surface area contributed by atoms with E-state index in [0.29, 0.717) is 29.6 Å². The Bertz CT molecular complexity index is 1100. The molecule has 0 fully saturated rings. The first-order chi connectivity index (χ1) is 14.2. The summed E-state index contributed by atoms with van der Waals surface area (Å²) in [5.41, 5.74) is 3.71. The minimum Gasteiger partial charge on any atom is -0.507 e. The highest BCUT2D eigenvalue weighted by Crippen LogP contribution is 2.31. The first kappa shape index (κ1) is 18.6. The summed E-state index contributed by atoms with van der Waals surface area (Å²) in [5.74, 6) is 1.68. The van der Waals surface area contributed by atoms with Gasteiger partial charge in [-0.1, -0.05) is 61.5 Å². The molecule has 0 spiro atoms. The molecule has 1 aromatic heterocycles. The topological polar surface area (TPSA) is 68.1 Å². The van der Waals surface area contributed by atoms with Crippen LogP contribution >= 0.6 is 0 Å². The van der Waals surface area contributed by atoms with Crippen molar-refractivity contribution in [1.29, 1.82) is 0 Å². The molecule has 0 radical (unpaired) electrons. The third kappa shape index (κ3) is 4.24. The van der Waals surface area contributed by atoms with Gasteiger partial charge in [-0.05, 0) is 29.7 Å². The molecule has 0 saturated heterocycles. The lowest BCUT2D eigenvalue weighted by Crippen LogP contribution is -1.97. The molecule has 0 aliphatic heterocycles. The van der Waals surface area contributed by atoms with Gasteiger partial charge in [-0.3, -0.25) is 0 Å². The fraction of sp³-hybridized carbons (Fsp3) is 0.125. The van der Waals surface area contributed by atoms with Gasteiger partial charge in [-0.2, -0.15) is 0 Å². The maximum absolute atomic E-state index is 10.4. The van der Waals surface area contributed by atoms with Gasteiger partial charge in [0.1, 0.15) is 17.8 Å². The molecule has 5 heteroatoms. The second-order valence-corrected chi connectivity index (χ2v) is 6.60. The molecule has 4 rings (SSSR count). The molecule has 3 aromatic carbocycles. The van der Waals surface area contributed by atoms with E-state index in [1.807, 2.05) is 55.5 Å². The van der Waals surface area contributed by atoms with E-state index in [-0.39, 0.29) is 5.75 Å². The van der Waals surface area contributed by atoms with Crippen molar-refractivity contribution in [2.45, 2.75) is 13.3 Å². The van der Waals surface area contributed by atoms with Gasteiger partial charge in [-0.15, -0.1) is 0 Å². The zero-order chi connectivity index (χ0) is 20.1. The highest BCUT2D eigenvalue weighted by Gasteiger charge is 2.11. The number of ether oxygens (including phenoxy) is 1. The van der Waals surface area contributed by atoms with Crippen LogP contribution in [0.2, 0.25) is 0 Å². The number of benzene rings is 3. The Morgan fingerprint density at radius 2 is 1.48 bits per heavy atom. The van der Waals surface area contributed by atoms with Gasteiger partial charge in [0.15, 0.2) is 11.6 Å². The molecule has 0 saturated carbocycles. The van der Waals surface area contributed by atoms with Crippen molar-refractivity contribution in [3.63, 3.8) is 0 Å². The van der Waals surface area contributed by atoms with E-state index in [9.17, 15) is 5.11 Å². The molecular formula is C24H21N3O2. The summed E-state index contributed by atoms with van der Waals surface area (Å²) >= 11 is 0. The van der Waals surface area contributed by atoms with Crippen molar-refractivity contribution in [1.82, 2.24) is 15.0 Å². The molecule has 4 aromatic rings. The number of rotatable bonds is 6. The van der Waals surface area contributed by atoms with Crippen LogP contribution < -0.4 is 4.74 Å². The summed E-state index contributed by atoms with van der Waals surface area (Å²) in [4.78, 5) is 13.1. The highest BCUT2D eigenvalue weighted by atomic mass is 16.5. The highest BCUT2D eigenvalue weighted by molar-refractivity contribution is 5.69. The molecule has 0 aliphatic rings. The van der Waals surface area contributed by atoms with Crippen molar-refractivity contribution >= 4 is 0 Å². The molecule has 29 heavy (non-hydrogen) atoms. The molecule has 1 N–H and O–H groups in total. The minimum atomic E-state index is 0.0789. The minimum absolute atomic E-state index is 0.0789. The van der Waals surface area contributed by atoms with Crippen LogP contribution in [0.3, 0.4) is 0 Å². The van der Waals surface area contributed by atoms with E-state index in [1.54, 1.807) is 12.1 Å². The summed E-state index contributed by atoms with van der Waals surface area (Å²) in [6.45, 7) is 2.64. The van der Waals surface area contributed by atoms with Gasteiger partial charge in [0.25, 0.3) is 0 Å². The zero-order valence-electron chi connectivity index (χ0n) is 16.1. The van der Waals surface area contributed by atoms with Crippen molar-refractivity contribution < 1.29 is 9.84 Å². The second kappa shape index (κ2) is 8.52. The largest absolute Gasteiger partial charge is 0.507 e. The lowest BCUT2D eigenvalue weighted by Gasteiger charge is -2.09. The van der Waals surface area contributed by atoms with Crippen molar-refractivity contribution in [2.24, 2.45) is 0 Å². The van der Waals surface area contributed by atoms with Gasteiger partial charge in [0.2, 0.25) is 0 Å². The first-order valence-corrected chi connectivity index (χ1v) is 9.55. The van der Waals surface area contributed by atoms with E-state index in [0.717, 1.165) is 23.1 Å². The zero-order valence-corrected chi connectivity index (χ0v) is 16.1. The molecule has 5 nitrogen and oxygen atoms in total. The monoisotopic (exact) mass is 383 g/mol. The Balaban J connectivity index is 1.61. The Kier molecular flexibility index (Phi) is 5.47. The molecule has 144 valence electrons. The summed E-state index contributed by atoms with van der Waals surface area (Å²) in [6, 6.07) is 23.4. The Morgan fingerprint density at radius 1 is 0.793 bits per heavy atom. The van der Waals surface area contributed by atoms with E-state index in [1.165, 1.54) is 6.33 Å². The van der Waals surface area contributed by atoms with Crippen molar-refractivity contribution in [3.05, 3.63) is 79.1 Å². The van der Waals surface area contributed by atoms with Crippen LogP contribution in [0.4, 0.5) is 0 Å². The number of phenolic OH excluding ortho intramolecular Hbond substituents is 1. The number of nitrogens with zero attached hydrogens (tertiary/aromatic N) is 3. The molecule has 0 amide bonds. The Morgan fingerprint density at radius 3 is 2.21 bits per heavy atom. The summed E-state index contributed by atoms with van der Waals surface area (Å²) in [6.07, 6.45) is 2.37. The summed E-state index contributed by atoms with van der Waals surface area (Å²) < 4.78 is 5.55. The first-order valence-electron chi connectivity index (χ1n) is 9.55. The van der Waals surface area contributed by atoms with Crippen LogP contribution in [0.15, 0.2) is 79.1 Å². The van der Waals surface area contributed by atoms with E-state index in [2.05, 4.69) is 27.1 Å². The number of hydrogen-bond donors (Lipinski definition) is 1. The Hall–Kier alpha value is -3.73. The van der Waals surface area contributed by atoms with Gasteiger partial charge < -0.3 is 9.84 Å². The summed E-state index contributed by atoms with van der Waals surface area (Å²) in [5, 5.41) is 10.4. The fourth-order valence-corrected chi connectivity index (χ4v) is 3.02. The smallest absolute Gasteiger partial charge is 0.167 e. The second-order valence-electron chi connectivity index (χ2n) is 6.60. The van der Waals surface area contributed by atoms with Gasteiger partial charge in [0, 0.05) is 11.6 Å². The molecular weight excluding hydrogens is 362 g/mol. The van der Waals surface area contributed by atoms with E-state index < -0.39 is 0 Å². The predicted octanol–water partition coefficient (Wildman–Crippen LogP) is 5.37. The van der Waals surface area contributed by atoms with Crippen LogP contribution in [0.1, 0.15) is 13.3 Å². The molecule has 0 aliphatic carbocycles. The number of aromatic hydroxyl groups is 1. The Labute approximate surface area is 169 Å². The van der Waals surface area contributed by atoms with Crippen LogP contribution in [0.25, 0.3) is 33.9 Å². The number of phenols is 1.